The largest absolute Gasteiger partial charge is 0.307 e. The molecule has 0 radical (unpaired) electrons. The first-order valence-electron chi connectivity index (χ1n) is 5.22. The Morgan fingerprint density at radius 1 is 1.12 bits per heavy atom. The molecule has 0 aliphatic heterocycles. The monoisotopic (exact) mass is 214 g/mol. The van der Waals surface area contributed by atoms with Gasteiger partial charge < -0.3 is 5.32 Å². The maximum atomic E-state index is 4.24. The van der Waals surface area contributed by atoms with Gasteiger partial charge in [-0.2, -0.15) is 0 Å². The first-order chi connectivity index (χ1) is 7.84. The van der Waals surface area contributed by atoms with E-state index in [1.807, 2.05) is 25.3 Å². The summed E-state index contributed by atoms with van der Waals surface area (Å²) in [5.74, 6) is 0. The van der Waals surface area contributed by atoms with E-state index < -0.39 is 0 Å². The van der Waals surface area contributed by atoms with E-state index in [1.54, 1.807) is 12.5 Å². The quantitative estimate of drug-likeness (QED) is 0.837. The number of aryl methyl sites for hydroxylation is 1. The van der Waals surface area contributed by atoms with Crippen molar-refractivity contribution in [3.8, 4) is 0 Å². The van der Waals surface area contributed by atoms with Gasteiger partial charge in [0.2, 0.25) is 0 Å². The van der Waals surface area contributed by atoms with Crippen LogP contribution in [0.3, 0.4) is 0 Å². The zero-order valence-corrected chi connectivity index (χ0v) is 9.22. The number of hydrogen-bond acceptors (Lipinski definition) is 4. The molecule has 0 unspecified atom stereocenters. The summed E-state index contributed by atoms with van der Waals surface area (Å²) in [6.07, 6.45) is 5.20. The van der Waals surface area contributed by atoms with Crippen molar-refractivity contribution in [2.45, 2.75) is 20.0 Å². The van der Waals surface area contributed by atoms with Crippen molar-refractivity contribution >= 4 is 0 Å². The summed E-state index contributed by atoms with van der Waals surface area (Å²) in [4.78, 5) is 12.2. The molecule has 0 saturated carbocycles. The molecular formula is C12H14N4. The Hall–Kier alpha value is -1.81. The summed E-state index contributed by atoms with van der Waals surface area (Å²) in [7, 11) is 0. The number of pyridine rings is 1. The summed E-state index contributed by atoms with van der Waals surface area (Å²) in [6.45, 7) is 3.53. The van der Waals surface area contributed by atoms with Crippen LogP contribution in [0.25, 0.3) is 0 Å². The van der Waals surface area contributed by atoms with E-state index in [0.29, 0.717) is 0 Å². The minimum Gasteiger partial charge on any atom is -0.307 e. The summed E-state index contributed by atoms with van der Waals surface area (Å²) in [5, 5.41) is 3.31. The molecular weight excluding hydrogens is 200 g/mol. The fourth-order valence-electron chi connectivity index (χ4n) is 1.36. The Bertz CT molecular complexity index is 425. The molecule has 0 fully saturated rings. The second-order valence-electron chi connectivity index (χ2n) is 3.61. The van der Waals surface area contributed by atoms with Crippen molar-refractivity contribution in [3.05, 3.63) is 53.9 Å². The zero-order valence-electron chi connectivity index (χ0n) is 9.22. The molecule has 0 aliphatic rings. The van der Waals surface area contributed by atoms with Gasteiger partial charge in [0, 0.05) is 31.2 Å². The zero-order chi connectivity index (χ0) is 11.2. The molecule has 0 aliphatic carbocycles. The molecule has 82 valence electrons. The average Bonchev–Trinajstić information content (AvgIpc) is 2.33. The van der Waals surface area contributed by atoms with E-state index in [9.17, 15) is 0 Å². The average molecular weight is 214 g/mol. The Morgan fingerprint density at radius 2 is 2.06 bits per heavy atom. The third-order valence-corrected chi connectivity index (χ3v) is 2.25. The number of hydrogen-bond donors (Lipinski definition) is 1. The van der Waals surface area contributed by atoms with E-state index in [-0.39, 0.29) is 0 Å². The van der Waals surface area contributed by atoms with Crippen LogP contribution < -0.4 is 5.32 Å². The molecule has 2 aromatic rings. The van der Waals surface area contributed by atoms with Gasteiger partial charge in [-0.15, -0.1) is 0 Å². The highest BCUT2D eigenvalue weighted by atomic mass is 14.9. The summed E-state index contributed by atoms with van der Waals surface area (Å²) >= 11 is 0. The van der Waals surface area contributed by atoms with E-state index in [1.165, 1.54) is 5.56 Å². The van der Waals surface area contributed by atoms with Crippen molar-refractivity contribution in [1.29, 1.82) is 0 Å². The van der Waals surface area contributed by atoms with Gasteiger partial charge in [-0.1, -0.05) is 6.07 Å². The van der Waals surface area contributed by atoms with Gasteiger partial charge in [-0.05, 0) is 24.6 Å². The van der Waals surface area contributed by atoms with Crippen LogP contribution in [0.15, 0.2) is 36.9 Å². The van der Waals surface area contributed by atoms with Gasteiger partial charge in [0.25, 0.3) is 0 Å². The van der Waals surface area contributed by atoms with Crippen LogP contribution in [0.2, 0.25) is 0 Å². The van der Waals surface area contributed by atoms with E-state index in [0.717, 1.165) is 24.5 Å². The van der Waals surface area contributed by atoms with Gasteiger partial charge >= 0.3 is 0 Å². The Balaban J connectivity index is 1.82. The number of nitrogens with zero attached hydrogens (tertiary/aromatic N) is 3. The van der Waals surface area contributed by atoms with E-state index in [2.05, 4.69) is 26.3 Å². The van der Waals surface area contributed by atoms with Crippen molar-refractivity contribution in [2.24, 2.45) is 0 Å². The van der Waals surface area contributed by atoms with Crippen molar-refractivity contribution < 1.29 is 0 Å². The third-order valence-electron chi connectivity index (χ3n) is 2.25. The molecule has 0 bridgehead atoms. The predicted molar refractivity (Wildman–Crippen MR) is 61.5 cm³/mol. The van der Waals surface area contributed by atoms with Crippen molar-refractivity contribution in [1.82, 2.24) is 20.3 Å². The van der Waals surface area contributed by atoms with Crippen LogP contribution in [0, 0.1) is 6.92 Å². The molecule has 0 aromatic carbocycles. The number of aromatic nitrogens is 3. The van der Waals surface area contributed by atoms with Gasteiger partial charge in [-0.3, -0.25) is 4.98 Å². The molecule has 0 amide bonds. The lowest BCUT2D eigenvalue weighted by atomic mass is 10.2. The maximum absolute atomic E-state index is 4.24. The molecule has 0 atom stereocenters. The molecule has 2 rings (SSSR count). The van der Waals surface area contributed by atoms with Crippen LogP contribution in [-0.4, -0.2) is 15.0 Å². The highest BCUT2D eigenvalue weighted by Gasteiger charge is 1.95. The van der Waals surface area contributed by atoms with Crippen molar-refractivity contribution in [3.63, 3.8) is 0 Å². The SMILES string of the molecule is Cc1ccc(CNCc2ccncn2)cn1. The molecule has 4 nitrogen and oxygen atoms in total. The summed E-state index contributed by atoms with van der Waals surface area (Å²) < 4.78 is 0. The molecule has 16 heavy (non-hydrogen) atoms. The van der Waals surface area contributed by atoms with Crippen LogP contribution in [0.1, 0.15) is 17.0 Å². The molecule has 1 N–H and O–H groups in total. The molecule has 2 aromatic heterocycles. The Morgan fingerprint density at radius 3 is 2.75 bits per heavy atom. The number of nitrogens with one attached hydrogen (secondary N) is 1. The summed E-state index contributed by atoms with van der Waals surface area (Å²) in [6, 6.07) is 6.00. The molecule has 0 spiro atoms. The minimum absolute atomic E-state index is 0.746. The highest BCUT2D eigenvalue weighted by Crippen LogP contribution is 1.99. The van der Waals surface area contributed by atoms with Crippen LogP contribution in [0.4, 0.5) is 0 Å². The fourth-order valence-corrected chi connectivity index (χ4v) is 1.36. The summed E-state index contributed by atoms with van der Waals surface area (Å²) in [5.41, 5.74) is 3.22. The Kier molecular flexibility index (Phi) is 3.56. The van der Waals surface area contributed by atoms with E-state index >= 15 is 0 Å². The maximum Gasteiger partial charge on any atom is 0.115 e. The number of rotatable bonds is 4. The minimum atomic E-state index is 0.746. The van der Waals surface area contributed by atoms with Gasteiger partial charge in [0.05, 0.1) is 5.69 Å². The molecule has 4 heteroatoms. The molecule has 2 heterocycles. The standard InChI is InChI=1S/C12H14N4/c1-10-2-3-11(7-15-10)6-14-8-12-4-5-13-9-16-12/h2-5,7,9,14H,6,8H2,1H3. The predicted octanol–water partition coefficient (Wildman–Crippen LogP) is 1.47. The second kappa shape index (κ2) is 5.32. The topological polar surface area (TPSA) is 50.7 Å². The Labute approximate surface area is 94.8 Å². The molecule has 0 saturated heterocycles. The van der Waals surface area contributed by atoms with Crippen molar-refractivity contribution in [2.75, 3.05) is 0 Å². The first kappa shape index (κ1) is 10.7. The van der Waals surface area contributed by atoms with Crippen LogP contribution >= 0.6 is 0 Å². The normalized spacial score (nSPS) is 10.3. The highest BCUT2D eigenvalue weighted by molar-refractivity contribution is 5.12. The fraction of sp³-hybridized carbons (Fsp3) is 0.250. The van der Waals surface area contributed by atoms with Gasteiger partial charge in [-0.25, -0.2) is 9.97 Å². The second-order valence-corrected chi connectivity index (χ2v) is 3.61. The lowest BCUT2D eigenvalue weighted by Crippen LogP contribution is -2.13. The van der Waals surface area contributed by atoms with Crippen LogP contribution in [-0.2, 0) is 13.1 Å². The van der Waals surface area contributed by atoms with Gasteiger partial charge in [0.15, 0.2) is 0 Å². The first-order valence-corrected chi connectivity index (χ1v) is 5.22. The van der Waals surface area contributed by atoms with E-state index in [4.69, 9.17) is 0 Å². The third kappa shape index (κ3) is 3.10. The van der Waals surface area contributed by atoms with Crippen LogP contribution in [0.5, 0.6) is 0 Å². The lowest BCUT2D eigenvalue weighted by molar-refractivity contribution is 0.675. The van der Waals surface area contributed by atoms with Gasteiger partial charge in [0.1, 0.15) is 6.33 Å². The lowest BCUT2D eigenvalue weighted by Gasteiger charge is -2.04. The smallest absolute Gasteiger partial charge is 0.115 e.